The number of benzene rings is 2. The summed E-state index contributed by atoms with van der Waals surface area (Å²) >= 11 is 0. The van der Waals surface area contributed by atoms with Gasteiger partial charge in [0.15, 0.2) is 0 Å². The fourth-order valence-corrected chi connectivity index (χ4v) is 4.89. The molecule has 1 atom stereocenters. The van der Waals surface area contributed by atoms with E-state index in [-0.39, 0.29) is 17.7 Å². The number of aromatic nitrogens is 2. The summed E-state index contributed by atoms with van der Waals surface area (Å²) in [6.07, 6.45) is 3.33. The molecule has 3 aromatic rings. The molecule has 2 saturated heterocycles. The van der Waals surface area contributed by atoms with Crippen molar-refractivity contribution in [1.82, 2.24) is 20.2 Å². The number of ether oxygens (including phenoxy) is 1. The molecule has 1 amide bonds. The fourth-order valence-electron chi connectivity index (χ4n) is 4.89. The van der Waals surface area contributed by atoms with Crippen LogP contribution in [0.1, 0.15) is 40.4 Å². The minimum absolute atomic E-state index is 0.0251. The van der Waals surface area contributed by atoms with Gasteiger partial charge in [0.05, 0.1) is 12.1 Å². The summed E-state index contributed by atoms with van der Waals surface area (Å²) in [6, 6.07) is 21.2. The van der Waals surface area contributed by atoms with Gasteiger partial charge >= 0.3 is 0 Å². The third kappa shape index (κ3) is 5.44. The van der Waals surface area contributed by atoms with Gasteiger partial charge in [-0.1, -0.05) is 60.7 Å². The van der Waals surface area contributed by atoms with Crippen molar-refractivity contribution in [3.63, 3.8) is 0 Å². The maximum atomic E-state index is 12.6. The monoisotopic (exact) mass is 473 g/mol. The second-order valence-electron chi connectivity index (χ2n) is 9.04. The molecule has 0 aliphatic carbocycles. The first-order valence-electron chi connectivity index (χ1n) is 12.3. The molecular formula is C27H31N5O3. The molecule has 1 aromatic heterocycles. The predicted octanol–water partition coefficient (Wildman–Crippen LogP) is 2.59. The number of hydrogen-bond donors (Lipinski definition) is 2. The zero-order valence-electron chi connectivity index (χ0n) is 19.7. The number of carbonyl (C=O) groups excluding carboxylic acids is 1. The average Bonchev–Trinajstić information content (AvgIpc) is 3.43. The molecule has 0 unspecified atom stereocenters. The van der Waals surface area contributed by atoms with Crippen molar-refractivity contribution in [2.45, 2.75) is 25.0 Å². The lowest BCUT2D eigenvalue weighted by molar-refractivity contribution is 0.0856. The largest absolute Gasteiger partial charge is 0.376 e. The molecule has 2 aromatic carbocycles. The highest BCUT2D eigenvalue weighted by molar-refractivity contribution is 5.93. The predicted molar refractivity (Wildman–Crippen MR) is 135 cm³/mol. The summed E-state index contributed by atoms with van der Waals surface area (Å²) in [6.45, 7) is 4.23. The van der Waals surface area contributed by atoms with Crippen molar-refractivity contribution < 1.29 is 9.53 Å². The molecule has 0 saturated carbocycles. The summed E-state index contributed by atoms with van der Waals surface area (Å²) < 4.78 is 5.52. The maximum absolute atomic E-state index is 12.6. The van der Waals surface area contributed by atoms with Gasteiger partial charge < -0.3 is 15.0 Å². The molecule has 0 radical (unpaired) electrons. The summed E-state index contributed by atoms with van der Waals surface area (Å²) in [5, 5.41) is 2.79. The molecule has 0 spiro atoms. The first kappa shape index (κ1) is 23.3. The van der Waals surface area contributed by atoms with Gasteiger partial charge in [-0.25, -0.2) is 4.98 Å². The van der Waals surface area contributed by atoms with E-state index in [0.717, 1.165) is 45.6 Å². The van der Waals surface area contributed by atoms with E-state index in [0.29, 0.717) is 12.5 Å². The first-order valence-corrected chi connectivity index (χ1v) is 12.3. The number of rotatable bonds is 7. The molecular weight excluding hydrogens is 442 g/mol. The van der Waals surface area contributed by atoms with Crippen molar-refractivity contribution in [2.75, 3.05) is 44.2 Å². The van der Waals surface area contributed by atoms with E-state index in [2.05, 4.69) is 73.6 Å². The highest BCUT2D eigenvalue weighted by atomic mass is 16.5. The summed E-state index contributed by atoms with van der Waals surface area (Å²) in [4.78, 5) is 36.8. The number of nitrogens with one attached hydrogen (secondary N) is 2. The van der Waals surface area contributed by atoms with Gasteiger partial charge in [-0.3, -0.25) is 19.5 Å². The molecule has 3 heterocycles. The molecule has 35 heavy (non-hydrogen) atoms. The number of piperazine rings is 1. The van der Waals surface area contributed by atoms with Crippen LogP contribution >= 0.6 is 0 Å². The summed E-state index contributed by atoms with van der Waals surface area (Å²) in [5.41, 5.74) is 2.13. The second-order valence-corrected chi connectivity index (χ2v) is 9.04. The standard InChI is InChI=1S/C27H31N5O3/c33-25(28-18-22-12-7-17-35-22)23-19-29-27(30-26(23)34)32-15-13-31(14-16-32)24(20-8-3-1-4-9-20)21-10-5-2-6-11-21/h1-6,8-11,19,22,24H,7,12-18H2,(H,28,33)(H,29,30,34)/t22-/m0/s1. The number of anilines is 1. The van der Waals surface area contributed by atoms with E-state index in [9.17, 15) is 9.59 Å². The number of aromatic amines is 1. The lowest BCUT2D eigenvalue weighted by atomic mass is 9.96. The second kappa shape index (κ2) is 10.8. The molecule has 2 aliphatic heterocycles. The van der Waals surface area contributed by atoms with Gasteiger partial charge in [0.25, 0.3) is 11.5 Å². The Morgan fingerprint density at radius 1 is 1.03 bits per heavy atom. The molecule has 8 heteroatoms. The SMILES string of the molecule is O=C(NC[C@@H]1CCCO1)c1cnc(N2CCN(C(c3ccccc3)c3ccccc3)CC2)[nH]c1=O. The van der Waals surface area contributed by atoms with Crippen LogP contribution in [-0.4, -0.2) is 66.2 Å². The number of hydrogen-bond acceptors (Lipinski definition) is 6. The minimum atomic E-state index is -0.422. The van der Waals surface area contributed by atoms with Gasteiger partial charge in [-0.05, 0) is 24.0 Å². The number of nitrogens with zero attached hydrogens (tertiary/aromatic N) is 3. The fraction of sp³-hybridized carbons (Fsp3) is 0.370. The summed E-state index contributed by atoms with van der Waals surface area (Å²) in [5.74, 6) is 0.0838. The van der Waals surface area contributed by atoms with Crippen LogP contribution in [0.3, 0.4) is 0 Å². The zero-order chi connectivity index (χ0) is 24.0. The van der Waals surface area contributed by atoms with Gasteiger partial charge in [0.2, 0.25) is 5.95 Å². The lowest BCUT2D eigenvalue weighted by Crippen LogP contribution is -2.49. The number of carbonyl (C=O) groups is 1. The van der Waals surface area contributed by atoms with Crippen LogP contribution in [0.4, 0.5) is 5.95 Å². The lowest BCUT2D eigenvalue weighted by Gasteiger charge is -2.40. The Kier molecular flexibility index (Phi) is 7.20. The topological polar surface area (TPSA) is 90.6 Å². The van der Waals surface area contributed by atoms with Gasteiger partial charge in [-0.2, -0.15) is 0 Å². The Balaban J connectivity index is 1.24. The van der Waals surface area contributed by atoms with E-state index in [1.807, 2.05) is 12.1 Å². The average molecular weight is 474 g/mol. The third-order valence-electron chi connectivity index (χ3n) is 6.75. The molecule has 0 bridgehead atoms. The van der Waals surface area contributed by atoms with Crippen LogP contribution in [-0.2, 0) is 4.74 Å². The van der Waals surface area contributed by atoms with E-state index in [1.165, 1.54) is 17.3 Å². The Labute approximate surface area is 204 Å². The van der Waals surface area contributed by atoms with Crippen molar-refractivity contribution in [2.24, 2.45) is 0 Å². The molecule has 2 fully saturated rings. The highest BCUT2D eigenvalue weighted by Crippen LogP contribution is 2.29. The molecule has 2 aliphatic rings. The van der Waals surface area contributed by atoms with Gasteiger partial charge in [0, 0.05) is 45.5 Å². The normalized spacial score (nSPS) is 18.7. The highest BCUT2D eigenvalue weighted by Gasteiger charge is 2.27. The first-order chi connectivity index (χ1) is 17.2. The van der Waals surface area contributed by atoms with Crippen LogP contribution in [0, 0.1) is 0 Å². The molecule has 8 nitrogen and oxygen atoms in total. The molecule has 5 rings (SSSR count). The third-order valence-corrected chi connectivity index (χ3v) is 6.75. The zero-order valence-corrected chi connectivity index (χ0v) is 19.7. The Bertz CT molecular complexity index is 1130. The quantitative estimate of drug-likeness (QED) is 0.548. The van der Waals surface area contributed by atoms with Crippen molar-refractivity contribution >= 4 is 11.9 Å². The van der Waals surface area contributed by atoms with E-state index >= 15 is 0 Å². The van der Waals surface area contributed by atoms with Crippen molar-refractivity contribution in [1.29, 1.82) is 0 Å². The maximum Gasteiger partial charge on any atom is 0.265 e. The summed E-state index contributed by atoms with van der Waals surface area (Å²) in [7, 11) is 0. The van der Waals surface area contributed by atoms with Crippen LogP contribution in [0.5, 0.6) is 0 Å². The number of amides is 1. The Morgan fingerprint density at radius 3 is 2.26 bits per heavy atom. The Hall–Kier alpha value is -3.49. The molecule has 182 valence electrons. The van der Waals surface area contributed by atoms with Crippen LogP contribution in [0.2, 0.25) is 0 Å². The number of H-pyrrole nitrogens is 1. The van der Waals surface area contributed by atoms with Gasteiger partial charge in [0.1, 0.15) is 5.56 Å². The Morgan fingerprint density at radius 2 is 1.69 bits per heavy atom. The molecule has 2 N–H and O–H groups in total. The van der Waals surface area contributed by atoms with Crippen LogP contribution in [0.25, 0.3) is 0 Å². The van der Waals surface area contributed by atoms with Crippen LogP contribution < -0.4 is 15.8 Å². The van der Waals surface area contributed by atoms with E-state index in [4.69, 9.17) is 4.74 Å². The van der Waals surface area contributed by atoms with Gasteiger partial charge in [-0.15, -0.1) is 0 Å². The van der Waals surface area contributed by atoms with Crippen molar-refractivity contribution in [3.8, 4) is 0 Å². The van der Waals surface area contributed by atoms with E-state index in [1.54, 1.807) is 0 Å². The van der Waals surface area contributed by atoms with Crippen molar-refractivity contribution in [3.05, 3.63) is 93.9 Å². The smallest absolute Gasteiger partial charge is 0.265 e. The minimum Gasteiger partial charge on any atom is -0.376 e. The van der Waals surface area contributed by atoms with E-state index < -0.39 is 11.5 Å². The van der Waals surface area contributed by atoms with Crippen LogP contribution in [0.15, 0.2) is 71.7 Å².